The molecule has 8 heteroatoms. The van der Waals surface area contributed by atoms with Crippen LogP contribution in [0, 0.1) is 11.8 Å². The number of aryl methyl sites for hydroxylation is 1. The van der Waals surface area contributed by atoms with Crippen molar-refractivity contribution in [2.45, 2.75) is 64.5 Å². The molecule has 0 radical (unpaired) electrons. The predicted molar refractivity (Wildman–Crippen MR) is 167 cm³/mol. The van der Waals surface area contributed by atoms with Gasteiger partial charge < -0.3 is 29.5 Å². The third-order valence-electron chi connectivity index (χ3n) is 9.07. The second-order valence-corrected chi connectivity index (χ2v) is 12.6. The Bertz CT molecular complexity index is 1400. The number of nitrogens with one attached hydrogen (secondary N) is 1. The summed E-state index contributed by atoms with van der Waals surface area (Å²) in [5.74, 6) is 0.974. The number of ether oxygens (including phenoxy) is 1. The summed E-state index contributed by atoms with van der Waals surface area (Å²) in [4.78, 5) is 31.1. The van der Waals surface area contributed by atoms with Gasteiger partial charge in [0.05, 0.1) is 24.6 Å². The molecule has 1 aliphatic carbocycles. The number of para-hydroxylation sites is 1. The Balaban J connectivity index is 1.35. The Kier molecular flexibility index (Phi) is 9.53. The van der Waals surface area contributed by atoms with Crippen LogP contribution in [0.1, 0.15) is 61.9 Å². The quantitative estimate of drug-likeness (QED) is 0.372. The maximum atomic E-state index is 13.8. The van der Waals surface area contributed by atoms with E-state index in [1.54, 1.807) is 17.0 Å². The molecule has 2 N–H and O–H groups in total. The van der Waals surface area contributed by atoms with Crippen LogP contribution < -0.4 is 10.1 Å². The standard InChI is InChI=1S/C34H46N4O4/c1-23-18-38(24(2)22-39)34(41)29-17-27(35-33(40)16-26-20-37(4)30-13-9-8-12-28(26)30)14-15-31(29)42-32(23)21-36(3)19-25-10-6-5-7-11-25/h8-9,12-15,17,20,23-25,32,39H,5-7,10-11,16,18-19,21-22H2,1-4H3,(H,35,40)/t23-,24+,32-/m0/s1. The van der Waals surface area contributed by atoms with E-state index in [0.29, 0.717) is 23.5 Å². The smallest absolute Gasteiger partial charge is 0.258 e. The number of aliphatic hydroxyl groups excluding tert-OH is 1. The zero-order valence-corrected chi connectivity index (χ0v) is 25.5. The summed E-state index contributed by atoms with van der Waals surface area (Å²) in [6.45, 7) is 6.16. The molecule has 226 valence electrons. The Labute approximate surface area is 249 Å². The molecule has 2 amide bonds. The molecule has 2 aliphatic rings. The van der Waals surface area contributed by atoms with E-state index in [1.807, 2.05) is 55.1 Å². The number of fused-ring (bicyclic) bond motifs is 2. The van der Waals surface area contributed by atoms with E-state index in [2.05, 4.69) is 24.2 Å². The minimum atomic E-state index is -0.337. The van der Waals surface area contributed by atoms with Gasteiger partial charge in [-0.15, -0.1) is 0 Å². The molecule has 3 aromatic rings. The summed E-state index contributed by atoms with van der Waals surface area (Å²) >= 11 is 0. The molecule has 3 atom stereocenters. The number of rotatable bonds is 9. The molecule has 1 aromatic heterocycles. The predicted octanol–water partition coefficient (Wildman–Crippen LogP) is 5.09. The fourth-order valence-electron chi connectivity index (χ4n) is 6.66. The Hall–Kier alpha value is -3.36. The van der Waals surface area contributed by atoms with Gasteiger partial charge in [0, 0.05) is 55.4 Å². The molecule has 1 aliphatic heterocycles. The second kappa shape index (κ2) is 13.3. The number of aromatic nitrogens is 1. The fraction of sp³-hybridized carbons (Fsp3) is 0.529. The van der Waals surface area contributed by atoms with Gasteiger partial charge in [-0.1, -0.05) is 44.4 Å². The van der Waals surface area contributed by atoms with Crippen LogP contribution in [0.5, 0.6) is 5.75 Å². The second-order valence-electron chi connectivity index (χ2n) is 12.6. The van der Waals surface area contributed by atoms with Crippen LogP contribution >= 0.6 is 0 Å². The van der Waals surface area contributed by atoms with Crippen molar-refractivity contribution >= 4 is 28.4 Å². The number of nitrogens with zero attached hydrogens (tertiary/aromatic N) is 3. The average Bonchev–Trinajstić information content (AvgIpc) is 3.29. The summed E-state index contributed by atoms with van der Waals surface area (Å²) in [5, 5.41) is 14.0. The Morgan fingerprint density at radius 2 is 1.90 bits per heavy atom. The molecule has 5 rings (SSSR count). The number of benzene rings is 2. The van der Waals surface area contributed by atoms with Crippen molar-refractivity contribution in [2.24, 2.45) is 18.9 Å². The third-order valence-corrected chi connectivity index (χ3v) is 9.07. The number of likely N-dealkylation sites (N-methyl/N-ethyl adjacent to an activating group) is 1. The number of carbonyl (C=O) groups excluding carboxylic acids is 2. The molecule has 2 aromatic carbocycles. The summed E-state index contributed by atoms with van der Waals surface area (Å²) in [7, 11) is 4.14. The number of anilines is 1. The first-order chi connectivity index (χ1) is 20.2. The normalized spacial score (nSPS) is 20.6. The van der Waals surface area contributed by atoms with Gasteiger partial charge >= 0.3 is 0 Å². The topological polar surface area (TPSA) is 87.0 Å². The van der Waals surface area contributed by atoms with Gasteiger partial charge in [0.1, 0.15) is 11.9 Å². The molecule has 0 spiro atoms. The maximum Gasteiger partial charge on any atom is 0.258 e. The number of hydrogen-bond donors (Lipinski definition) is 2. The molecule has 1 saturated carbocycles. The van der Waals surface area contributed by atoms with Crippen LogP contribution in [0.15, 0.2) is 48.7 Å². The van der Waals surface area contributed by atoms with E-state index in [0.717, 1.165) is 35.5 Å². The van der Waals surface area contributed by atoms with Gasteiger partial charge in [0.25, 0.3) is 5.91 Å². The van der Waals surface area contributed by atoms with Crippen molar-refractivity contribution < 1.29 is 19.4 Å². The van der Waals surface area contributed by atoms with Gasteiger partial charge in [0.2, 0.25) is 5.91 Å². The first kappa shape index (κ1) is 30.1. The van der Waals surface area contributed by atoms with Crippen LogP contribution in [-0.4, -0.2) is 76.7 Å². The molecule has 2 heterocycles. The first-order valence-corrected chi connectivity index (χ1v) is 15.5. The fourth-order valence-corrected chi connectivity index (χ4v) is 6.66. The SMILES string of the molecule is C[C@H](CO)N1C[C@H](C)[C@H](CN(C)CC2CCCCC2)Oc2ccc(NC(=O)Cc3cn(C)c4ccccc34)cc2C1=O. The number of hydrogen-bond acceptors (Lipinski definition) is 5. The van der Waals surface area contributed by atoms with E-state index in [1.165, 1.54) is 32.1 Å². The van der Waals surface area contributed by atoms with Crippen LogP contribution in [0.2, 0.25) is 0 Å². The molecular formula is C34H46N4O4. The summed E-state index contributed by atoms with van der Waals surface area (Å²) < 4.78 is 8.61. The van der Waals surface area contributed by atoms with Crippen molar-refractivity contribution in [2.75, 3.05) is 38.6 Å². The minimum Gasteiger partial charge on any atom is -0.488 e. The first-order valence-electron chi connectivity index (χ1n) is 15.5. The molecule has 8 nitrogen and oxygen atoms in total. The van der Waals surface area contributed by atoms with E-state index in [-0.39, 0.29) is 42.9 Å². The lowest BCUT2D eigenvalue weighted by atomic mass is 9.89. The highest BCUT2D eigenvalue weighted by molar-refractivity contribution is 6.00. The molecule has 42 heavy (non-hydrogen) atoms. The average molecular weight is 575 g/mol. The zero-order chi connectivity index (χ0) is 29.8. The largest absolute Gasteiger partial charge is 0.488 e. The van der Waals surface area contributed by atoms with E-state index < -0.39 is 0 Å². The summed E-state index contributed by atoms with van der Waals surface area (Å²) in [6, 6.07) is 13.0. The third kappa shape index (κ3) is 6.81. The van der Waals surface area contributed by atoms with Crippen molar-refractivity contribution in [3.8, 4) is 5.75 Å². The summed E-state index contributed by atoms with van der Waals surface area (Å²) in [6.07, 6.45) is 8.66. The van der Waals surface area contributed by atoms with E-state index in [9.17, 15) is 14.7 Å². The van der Waals surface area contributed by atoms with Gasteiger partial charge in [0.15, 0.2) is 0 Å². The molecule has 0 saturated heterocycles. The highest BCUT2D eigenvalue weighted by Crippen LogP contribution is 2.31. The molecule has 0 unspecified atom stereocenters. The van der Waals surface area contributed by atoms with Gasteiger partial charge in [-0.2, -0.15) is 0 Å². The zero-order valence-electron chi connectivity index (χ0n) is 25.5. The molecule has 1 fully saturated rings. The lowest BCUT2D eigenvalue weighted by molar-refractivity contribution is -0.115. The number of amides is 2. The maximum absolute atomic E-state index is 13.8. The minimum absolute atomic E-state index is 0.0741. The van der Waals surface area contributed by atoms with Gasteiger partial charge in [-0.05, 0) is 62.6 Å². The van der Waals surface area contributed by atoms with Gasteiger partial charge in [-0.3, -0.25) is 9.59 Å². The van der Waals surface area contributed by atoms with Crippen molar-refractivity contribution in [3.05, 3.63) is 59.8 Å². The van der Waals surface area contributed by atoms with Crippen molar-refractivity contribution in [1.82, 2.24) is 14.4 Å². The van der Waals surface area contributed by atoms with Gasteiger partial charge in [-0.25, -0.2) is 0 Å². The number of carbonyl (C=O) groups is 2. The number of aliphatic hydroxyl groups is 1. The van der Waals surface area contributed by atoms with Crippen LogP contribution in [0.3, 0.4) is 0 Å². The van der Waals surface area contributed by atoms with E-state index >= 15 is 0 Å². The summed E-state index contributed by atoms with van der Waals surface area (Å²) in [5.41, 5.74) is 2.99. The Morgan fingerprint density at radius 1 is 1.14 bits per heavy atom. The molecule has 0 bridgehead atoms. The monoisotopic (exact) mass is 574 g/mol. The van der Waals surface area contributed by atoms with Crippen LogP contribution in [-0.2, 0) is 18.3 Å². The highest BCUT2D eigenvalue weighted by Gasteiger charge is 2.34. The van der Waals surface area contributed by atoms with E-state index in [4.69, 9.17) is 4.74 Å². The van der Waals surface area contributed by atoms with Crippen LogP contribution in [0.25, 0.3) is 10.9 Å². The van der Waals surface area contributed by atoms with Crippen LogP contribution in [0.4, 0.5) is 5.69 Å². The Morgan fingerprint density at radius 3 is 2.67 bits per heavy atom. The van der Waals surface area contributed by atoms with Crippen molar-refractivity contribution in [3.63, 3.8) is 0 Å². The lowest BCUT2D eigenvalue weighted by Gasteiger charge is -2.38. The van der Waals surface area contributed by atoms with Crippen molar-refractivity contribution in [1.29, 1.82) is 0 Å². The molecular weight excluding hydrogens is 528 g/mol. The highest BCUT2D eigenvalue weighted by atomic mass is 16.5. The lowest BCUT2D eigenvalue weighted by Crippen LogP contribution is -2.50.